The summed E-state index contributed by atoms with van der Waals surface area (Å²) >= 11 is 1.46. The summed E-state index contributed by atoms with van der Waals surface area (Å²) in [6.07, 6.45) is 0. The molecule has 1 aromatic carbocycles. The van der Waals surface area contributed by atoms with Gasteiger partial charge < -0.3 is 9.31 Å². The van der Waals surface area contributed by atoms with Crippen molar-refractivity contribution in [3.63, 3.8) is 0 Å². The molecular formula is C21H22BFO2S. The fourth-order valence-corrected chi connectivity index (χ4v) is 3.36. The monoisotopic (exact) mass is 368 g/mol. The van der Waals surface area contributed by atoms with E-state index in [1.807, 2.05) is 70.2 Å². The smallest absolute Gasteiger partial charge is 0.398 e. The summed E-state index contributed by atoms with van der Waals surface area (Å²) in [5.74, 6) is 6.25. The SMILES string of the molecule is CC(=C(F)B1OC(C)(C)C(C)(C)O1)c1ccc(C#Cc2ccccc2)s1. The molecule has 1 aromatic heterocycles. The Hall–Kier alpha value is -1.87. The van der Waals surface area contributed by atoms with Crippen LogP contribution in [0.5, 0.6) is 0 Å². The maximum Gasteiger partial charge on any atom is 0.525 e. The molecule has 0 amide bonds. The summed E-state index contributed by atoms with van der Waals surface area (Å²) in [6.45, 7) is 9.41. The predicted molar refractivity (Wildman–Crippen MR) is 107 cm³/mol. The first-order valence-electron chi connectivity index (χ1n) is 8.59. The Morgan fingerprint density at radius 2 is 1.58 bits per heavy atom. The van der Waals surface area contributed by atoms with E-state index in [0.29, 0.717) is 5.57 Å². The van der Waals surface area contributed by atoms with E-state index >= 15 is 0 Å². The Balaban J connectivity index is 1.81. The van der Waals surface area contributed by atoms with Crippen LogP contribution < -0.4 is 0 Å². The Labute approximate surface area is 159 Å². The number of hydrogen-bond donors (Lipinski definition) is 0. The second-order valence-corrected chi connectivity index (χ2v) is 8.42. The Bertz CT molecular complexity index is 871. The van der Waals surface area contributed by atoms with Crippen molar-refractivity contribution >= 4 is 24.0 Å². The molecule has 2 heterocycles. The van der Waals surface area contributed by atoms with Crippen molar-refractivity contribution in [3.8, 4) is 11.8 Å². The largest absolute Gasteiger partial charge is 0.525 e. The summed E-state index contributed by atoms with van der Waals surface area (Å²) in [4.78, 5) is 1.72. The van der Waals surface area contributed by atoms with Gasteiger partial charge in [0.2, 0.25) is 0 Å². The van der Waals surface area contributed by atoms with Gasteiger partial charge in [0, 0.05) is 10.4 Å². The average Bonchev–Trinajstić information content (AvgIpc) is 3.15. The van der Waals surface area contributed by atoms with Crippen LogP contribution >= 0.6 is 11.3 Å². The first kappa shape index (κ1) is 18.9. The van der Waals surface area contributed by atoms with Crippen molar-refractivity contribution in [2.75, 3.05) is 0 Å². The number of benzene rings is 1. The molecule has 134 valence electrons. The highest BCUT2D eigenvalue weighted by Crippen LogP contribution is 2.40. The molecule has 26 heavy (non-hydrogen) atoms. The van der Waals surface area contributed by atoms with Gasteiger partial charge in [-0.15, -0.1) is 11.3 Å². The fraction of sp³-hybridized carbons (Fsp3) is 0.333. The van der Waals surface area contributed by atoms with Crippen LogP contribution in [0.1, 0.15) is 49.9 Å². The molecule has 3 rings (SSSR count). The van der Waals surface area contributed by atoms with Crippen LogP contribution in [0.25, 0.3) is 5.57 Å². The zero-order valence-electron chi connectivity index (χ0n) is 15.7. The van der Waals surface area contributed by atoms with Crippen LogP contribution in [0, 0.1) is 11.8 Å². The standard InChI is InChI=1S/C21H22BFO2S/c1-15(19(23)22-24-20(2,3)21(4,5)25-22)18-14-13-17(26-18)12-11-16-9-7-6-8-10-16/h6-10,13-14H,1-5H3. The second kappa shape index (κ2) is 7.04. The van der Waals surface area contributed by atoms with E-state index in [-0.39, 0.29) is 5.73 Å². The maximum absolute atomic E-state index is 14.9. The predicted octanol–water partition coefficient (Wildman–Crippen LogP) is 5.48. The number of hydrogen-bond acceptors (Lipinski definition) is 3. The molecule has 0 saturated carbocycles. The molecule has 2 nitrogen and oxygen atoms in total. The van der Waals surface area contributed by atoms with E-state index in [2.05, 4.69) is 11.8 Å². The lowest BCUT2D eigenvalue weighted by Gasteiger charge is -2.32. The molecule has 1 saturated heterocycles. The number of thiophene rings is 1. The van der Waals surface area contributed by atoms with Gasteiger partial charge >= 0.3 is 7.12 Å². The lowest BCUT2D eigenvalue weighted by molar-refractivity contribution is 0.00578. The minimum absolute atomic E-state index is 0.381. The summed E-state index contributed by atoms with van der Waals surface area (Å²) < 4.78 is 26.5. The minimum atomic E-state index is -0.971. The number of rotatable bonds is 2. The average molecular weight is 368 g/mol. The highest BCUT2D eigenvalue weighted by molar-refractivity contribution is 7.13. The van der Waals surface area contributed by atoms with E-state index < -0.39 is 18.3 Å². The highest BCUT2D eigenvalue weighted by Gasteiger charge is 2.53. The molecule has 1 fully saturated rings. The Morgan fingerprint density at radius 1 is 0.962 bits per heavy atom. The maximum atomic E-state index is 14.9. The van der Waals surface area contributed by atoms with Crippen LogP contribution in [-0.2, 0) is 9.31 Å². The van der Waals surface area contributed by atoms with Crippen LogP contribution in [0.15, 0.2) is 48.2 Å². The third kappa shape index (κ3) is 3.78. The van der Waals surface area contributed by atoms with Crippen LogP contribution in [0.2, 0.25) is 0 Å². The van der Waals surface area contributed by atoms with Gasteiger partial charge in [-0.25, -0.2) is 4.39 Å². The number of allylic oxidation sites excluding steroid dienone is 1. The van der Waals surface area contributed by atoms with Gasteiger partial charge in [-0.05, 0) is 64.5 Å². The van der Waals surface area contributed by atoms with Gasteiger partial charge in [0.05, 0.1) is 16.1 Å². The second-order valence-electron chi connectivity index (χ2n) is 7.34. The quantitative estimate of drug-likeness (QED) is 0.516. The van der Waals surface area contributed by atoms with Gasteiger partial charge in [-0.3, -0.25) is 0 Å². The van der Waals surface area contributed by atoms with Crippen molar-refractivity contribution < 1.29 is 13.7 Å². The zero-order valence-corrected chi connectivity index (χ0v) is 16.5. The van der Waals surface area contributed by atoms with E-state index in [1.165, 1.54) is 11.3 Å². The molecule has 0 spiro atoms. The van der Waals surface area contributed by atoms with Crippen LogP contribution in [0.4, 0.5) is 4.39 Å². The first-order chi connectivity index (χ1) is 12.2. The molecule has 0 bridgehead atoms. The lowest BCUT2D eigenvalue weighted by Crippen LogP contribution is -2.41. The third-order valence-corrected chi connectivity index (χ3v) is 6.02. The summed E-state index contributed by atoms with van der Waals surface area (Å²) in [6, 6.07) is 13.6. The van der Waals surface area contributed by atoms with Gasteiger partial charge in [0.1, 0.15) is 5.73 Å². The summed E-state index contributed by atoms with van der Waals surface area (Å²) in [7, 11) is -0.971. The van der Waals surface area contributed by atoms with Gasteiger partial charge in [0.25, 0.3) is 0 Å². The zero-order chi connectivity index (χ0) is 18.9. The van der Waals surface area contributed by atoms with E-state index in [0.717, 1.165) is 15.3 Å². The number of halogens is 1. The molecule has 0 unspecified atom stereocenters. The molecule has 1 aliphatic rings. The summed E-state index contributed by atoms with van der Waals surface area (Å²) in [5.41, 5.74) is -0.0128. The molecular weight excluding hydrogens is 346 g/mol. The van der Waals surface area contributed by atoms with Crippen molar-refractivity contribution in [2.24, 2.45) is 0 Å². The Morgan fingerprint density at radius 3 is 2.19 bits per heavy atom. The topological polar surface area (TPSA) is 18.5 Å². The fourth-order valence-electron chi connectivity index (χ4n) is 2.50. The van der Waals surface area contributed by atoms with Crippen molar-refractivity contribution in [3.05, 3.63) is 63.5 Å². The highest BCUT2D eigenvalue weighted by atomic mass is 32.1. The molecule has 2 aromatic rings. The van der Waals surface area contributed by atoms with Gasteiger partial charge in [-0.2, -0.15) is 0 Å². The molecule has 1 aliphatic heterocycles. The van der Waals surface area contributed by atoms with Gasteiger partial charge in [0.15, 0.2) is 0 Å². The van der Waals surface area contributed by atoms with Crippen LogP contribution in [0.3, 0.4) is 0 Å². The molecule has 0 atom stereocenters. The molecule has 5 heteroatoms. The summed E-state index contributed by atoms with van der Waals surface area (Å²) in [5, 5.41) is 0. The van der Waals surface area contributed by atoms with E-state index in [4.69, 9.17) is 9.31 Å². The third-order valence-electron chi connectivity index (χ3n) is 4.90. The first-order valence-corrected chi connectivity index (χ1v) is 9.40. The van der Waals surface area contributed by atoms with Crippen molar-refractivity contribution in [2.45, 2.75) is 45.8 Å². The molecule has 0 N–H and O–H groups in total. The van der Waals surface area contributed by atoms with E-state index in [9.17, 15) is 4.39 Å². The Kier molecular flexibility index (Phi) is 5.12. The van der Waals surface area contributed by atoms with Crippen LogP contribution in [-0.4, -0.2) is 18.3 Å². The molecule has 0 aliphatic carbocycles. The lowest BCUT2D eigenvalue weighted by atomic mass is 9.84. The van der Waals surface area contributed by atoms with E-state index in [1.54, 1.807) is 6.92 Å². The normalized spacial score (nSPS) is 18.9. The van der Waals surface area contributed by atoms with Crippen molar-refractivity contribution in [1.82, 2.24) is 0 Å². The van der Waals surface area contributed by atoms with Gasteiger partial charge in [-0.1, -0.05) is 30.0 Å². The van der Waals surface area contributed by atoms with Crippen molar-refractivity contribution in [1.29, 1.82) is 0 Å². The molecule has 0 radical (unpaired) electrons. The minimum Gasteiger partial charge on any atom is -0.398 e.